The van der Waals surface area contributed by atoms with Crippen molar-refractivity contribution < 1.29 is 9.90 Å². The van der Waals surface area contributed by atoms with Crippen LogP contribution in [0.15, 0.2) is 30.3 Å². The number of aliphatic hydroxyl groups is 1. The maximum atomic E-state index is 12.5. The van der Waals surface area contributed by atoms with Crippen LogP contribution in [0.4, 0.5) is 0 Å². The fourth-order valence-electron chi connectivity index (χ4n) is 2.97. The van der Waals surface area contributed by atoms with Gasteiger partial charge in [-0.2, -0.15) is 0 Å². The average Bonchev–Trinajstić information content (AvgIpc) is 2.97. The molecule has 1 saturated carbocycles. The van der Waals surface area contributed by atoms with E-state index in [1.165, 1.54) is 0 Å². The van der Waals surface area contributed by atoms with Gasteiger partial charge >= 0.3 is 0 Å². The second-order valence-electron chi connectivity index (χ2n) is 5.73. The first-order valence-electron chi connectivity index (χ1n) is 7.36. The molecule has 0 saturated heterocycles. The van der Waals surface area contributed by atoms with Gasteiger partial charge in [-0.1, -0.05) is 43.2 Å². The predicted octanol–water partition coefficient (Wildman–Crippen LogP) is 1.23. The largest absolute Gasteiger partial charge is 0.394 e. The Morgan fingerprint density at radius 3 is 2.50 bits per heavy atom. The summed E-state index contributed by atoms with van der Waals surface area (Å²) >= 11 is 0. The van der Waals surface area contributed by atoms with Crippen LogP contribution in [0.25, 0.3) is 0 Å². The van der Waals surface area contributed by atoms with E-state index in [-0.39, 0.29) is 18.6 Å². The van der Waals surface area contributed by atoms with E-state index in [2.05, 4.69) is 5.32 Å². The molecule has 0 heterocycles. The lowest BCUT2D eigenvalue weighted by molar-refractivity contribution is -0.131. The van der Waals surface area contributed by atoms with Crippen LogP contribution in [0.1, 0.15) is 31.2 Å². The second-order valence-corrected chi connectivity index (χ2v) is 5.73. The van der Waals surface area contributed by atoms with Crippen molar-refractivity contribution in [3.05, 3.63) is 35.9 Å². The van der Waals surface area contributed by atoms with Gasteiger partial charge in [0.2, 0.25) is 5.91 Å². The Labute approximate surface area is 120 Å². The Morgan fingerprint density at radius 2 is 1.95 bits per heavy atom. The van der Waals surface area contributed by atoms with E-state index in [9.17, 15) is 9.90 Å². The van der Waals surface area contributed by atoms with Crippen LogP contribution in [0, 0.1) is 5.41 Å². The molecule has 110 valence electrons. The molecule has 4 N–H and O–H groups in total. The molecule has 0 aliphatic heterocycles. The second kappa shape index (κ2) is 6.86. The number of amides is 1. The maximum Gasteiger partial charge on any atom is 0.227 e. The zero-order valence-electron chi connectivity index (χ0n) is 11.8. The number of carbonyl (C=O) groups is 1. The van der Waals surface area contributed by atoms with E-state index in [0.717, 1.165) is 31.2 Å². The Hall–Kier alpha value is -1.39. The van der Waals surface area contributed by atoms with Gasteiger partial charge in [-0.3, -0.25) is 4.79 Å². The van der Waals surface area contributed by atoms with Crippen molar-refractivity contribution in [1.29, 1.82) is 0 Å². The zero-order valence-corrected chi connectivity index (χ0v) is 11.8. The number of nitrogens with two attached hydrogens (primary N) is 1. The first-order valence-corrected chi connectivity index (χ1v) is 7.36. The van der Waals surface area contributed by atoms with Crippen molar-refractivity contribution in [2.45, 2.75) is 38.1 Å². The summed E-state index contributed by atoms with van der Waals surface area (Å²) in [5, 5.41) is 12.5. The SMILES string of the molecule is NCC1(C(=O)N[C@@H](CO)Cc2ccccc2)CCCC1. The molecule has 0 spiro atoms. The van der Waals surface area contributed by atoms with Gasteiger partial charge in [-0.15, -0.1) is 0 Å². The Kier molecular flexibility index (Phi) is 5.15. The molecule has 1 fully saturated rings. The Morgan fingerprint density at radius 1 is 1.30 bits per heavy atom. The molecule has 0 radical (unpaired) electrons. The summed E-state index contributed by atoms with van der Waals surface area (Å²) in [5.41, 5.74) is 6.51. The summed E-state index contributed by atoms with van der Waals surface area (Å²) < 4.78 is 0. The number of rotatable bonds is 6. The third kappa shape index (κ3) is 3.38. The van der Waals surface area contributed by atoms with Crippen molar-refractivity contribution in [3.8, 4) is 0 Å². The fraction of sp³-hybridized carbons (Fsp3) is 0.562. The molecule has 4 heteroatoms. The molecule has 0 bridgehead atoms. The van der Waals surface area contributed by atoms with Crippen LogP contribution >= 0.6 is 0 Å². The van der Waals surface area contributed by atoms with Crippen LogP contribution in [-0.4, -0.2) is 30.2 Å². The summed E-state index contributed by atoms with van der Waals surface area (Å²) in [5.74, 6) is 0.00693. The van der Waals surface area contributed by atoms with Gasteiger partial charge in [0.25, 0.3) is 0 Å². The lowest BCUT2D eigenvalue weighted by atomic mass is 9.85. The monoisotopic (exact) mass is 276 g/mol. The number of hydrogen-bond acceptors (Lipinski definition) is 3. The number of carbonyl (C=O) groups excluding carboxylic acids is 1. The Bertz CT molecular complexity index is 427. The van der Waals surface area contributed by atoms with E-state index in [1.807, 2.05) is 30.3 Å². The smallest absolute Gasteiger partial charge is 0.227 e. The highest BCUT2D eigenvalue weighted by molar-refractivity contribution is 5.83. The topological polar surface area (TPSA) is 75.4 Å². The van der Waals surface area contributed by atoms with Crippen LogP contribution in [0.3, 0.4) is 0 Å². The van der Waals surface area contributed by atoms with Gasteiger partial charge in [-0.05, 0) is 24.8 Å². The molecule has 2 rings (SSSR count). The van der Waals surface area contributed by atoms with Gasteiger partial charge < -0.3 is 16.2 Å². The molecule has 0 unspecified atom stereocenters. The molecular weight excluding hydrogens is 252 g/mol. The lowest BCUT2D eigenvalue weighted by Gasteiger charge is -2.28. The fourth-order valence-corrected chi connectivity index (χ4v) is 2.97. The molecule has 1 aliphatic rings. The molecule has 20 heavy (non-hydrogen) atoms. The summed E-state index contributed by atoms with van der Waals surface area (Å²) in [6.07, 6.45) is 4.49. The van der Waals surface area contributed by atoms with Gasteiger partial charge in [0.1, 0.15) is 0 Å². The minimum Gasteiger partial charge on any atom is -0.394 e. The van der Waals surface area contributed by atoms with E-state index in [1.54, 1.807) is 0 Å². The molecule has 1 aromatic carbocycles. The van der Waals surface area contributed by atoms with Crippen LogP contribution in [-0.2, 0) is 11.2 Å². The first-order chi connectivity index (χ1) is 9.70. The van der Waals surface area contributed by atoms with Crippen molar-refractivity contribution >= 4 is 5.91 Å². The number of hydrogen-bond donors (Lipinski definition) is 3. The molecule has 0 aromatic heterocycles. The maximum absolute atomic E-state index is 12.5. The molecule has 1 aliphatic carbocycles. The normalized spacial score (nSPS) is 18.7. The van der Waals surface area contributed by atoms with Crippen molar-refractivity contribution in [3.63, 3.8) is 0 Å². The summed E-state index contributed by atoms with van der Waals surface area (Å²) in [7, 11) is 0. The third-order valence-electron chi connectivity index (χ3n) is 4.31. The number of aliphatic hydroxyl groups excluding tert-OH is 1. The van der Waals surface area contributed by atoms with E-state index >= 15 is 0 Å². The zero-order chi connectivity index (χ0) is 14.4. The highest BCUT2D eigenvalue weighted by Gasteiger charge is 2.40. The third-order valence-corrected chi connectivity index (χ3v) is 4.31. The van der Waals surface area contributed by atoms with Gasteiger partial charge in [-0.25, -0.2) is 0 Å². The lowest BCUT2D eigenvalue weighted by Crippen LogP contribution is -2.49. The van der Waals surface area contributed by atoms with Crippen molar-refractivity contribution in [2.75, 3.05) is 13.2 Å². The van der Waals surface area contributed by atoms with Crippen LogP contribution < -0.4 is 11.1 Å². The predicted molar refractivity (Wildman–Crippen MR) is 79.1 cm³/mol. The summed E-state index contributed by atoms with van der Waals surface area (Å²) in [6.45, 7) is 0.337. The Balaban J connectivity index is 1.97. The highest BCUT2D eigenvalue weighted by Crippen LogP contribution is 2.37. The number of benzene rings is 1. The molecule has 1 aromatic rings. The number of nitrogens with one attached hydrogen (secondary N) is 1. The first kappa shape index (κ1) is 15.0. The average molecular weight is 276 g/mol. The van der Waals surface area contributed by atoms with E-state index < -0.39 is 5.41 Å². The highest BCUT2D eigenvalue weighted by atomic mass is 16.3. The van der Waals surface area contributed by atoms with E-state index in [4.69, 9.17) is 5.73 Å². The van der Waals surface area contributed by atoms with Crippen molar-refractivity contribution in [2.24, 2.45) is 11.1 Å². The van der Waals surface area contributed by atoms with Crippen LogP contribution in [0.2, 0.25) is 0 Å². The molecule has 1 atom stereocenters. The quantitative estimate of drug-likeness (QED) is 0.731. The van der Waals surface area contributed by atoms with Gasteiger partial charge in [0, 0.05) is 6.54 Å². The minimum atomic E-state index is -0.413. The van der Waals surface area contributed by atoms with Crippen molar-refractivity contribution in [1.82, 2.24) is 5.32 Å². The van der Waals surface area contributed by atoms with E-state index in [0.29, 0.717) is 13.0 Å². The van der Waals surface area contributed by atoms with Gasteiger partial charge in [0.05, 0.1) is 18.1 Å². The molecule has 4 nitrogen and oxygen atoms in total. The molecular formula is C16H24N2O2. The summed E-state index contributed by atoms with van der Waals surface area (Å²) in [6, 6.07) is 9.65. The summed E-state index contributed by atoms with van der Waals surface area (Å²) in [4.78, 5) is 12.5. The van der Waals surface area contributed by atoms with Crippen LogP contribution in [0.5, 0.6) is 0 Å². The standard InChI is InChI=1S/C16H24N2O2/c17-12-16(8-4-5-9-16)15(20)18-14(11-19)10-13-6-2-1-3-7-13/h1-3,6-7,14,19H,4-5,8-12,17H2,(H,18,20)/t14-/m1/s1. The van der Waals surface area contributed by atoms with Gasteiger partial charge in [0.15, 0.2) is 0 Å². The minimum absolute atomic E-state index is 0.00693. The molecule has 1 amide bonds.